The van der Waals surface area contributed by atoms with E-state index in [9.17, 15) is 10.2 Å². The maximum Gasteiger partial charge on any atom is 0.226 e. The number of aromatic hydroxyl groups is 1. The lowest BCUT2D eigenvalue weighted by Crippen LogP contribution is -2.38. The number of aryl methyl sites for hydroxylation is 1. The molecule has 0 bridgehead atoms. The lowest BCUT2D eigenvalue weighted by Gasteiger charge is -2.38. The predicted molar refractivity (Wildman–Crippen MR) is 101 cm³/mol. The van der Waals surface area contributed by atoms with Gasteiger partial charge in [0, 0.05) is 24.8 Å². The fourth-order valence-corrected chi connectivity index (χ4v) is 3.52. The maximum absolute atomic E-state index is 9.84. The van der Waals surface area contributed by atoms with Gasteiger partial charge in [0.1, 0.15) is 5.69 Å². The Balaban J connectivity index is 2.01. The van der Waals surface area contributed by atoms with Gasteiger partial charge in [0.05, 0.1) is 22.5 Å². The van der Waals surface area contributed by atoms with Crippen LogP contribution in [0.2, 0.25) is 0 Å². The Morgan fingerprint density at radius 2 is 1.92 bits per heavy atom. The number of hydrogen-bond acceptors (Lipinski definition) is 6. The number of hydrogen-bond donors (Lipinski definition) is 2. The van der Waals surface area contributed by atoms with Crippen molar-refractivity contribution in [2.45, 2.75) is 40.2 Å². The monoisotopic (exact) mass is 406 g/mol. The van der Waals surface area contributed by atoms with Crippen molar-refractivity contribution in [3.63, 3.8) is 0 Å². The summed E-state index contributed by atoms with van der Waals surface area (Å²) < 4.78 is 0.476. The molecule has 2 aromatic heterocycles. The van der Waals surface area contributed by atoms with Gasteiger partial charge in [-0.15, -0.1) is 0 Å². The van der Waals surface area contributed by atoms with E-state index in [1.165, 1.54) is 6.20 Å². The molecule has 6 nitrogen and oxygen atoms in total. The minimum absolute atomic E-state index is 0.0911. The molecule has 134 valence electrons. The van der Waals surface area contributed by atoms with Gasteiger partial charge in [0.25, 0.3) is 0 Å². The van der Waals surface area contributed by atoms with E-state index >= 15 is 0 Å². The van der Waals surface area contributed by atoms with Crippen molar-refractivity contribution >= 4 is 21.7 Å². The summed E-state index contributed by atoms with van der Waals surface area (Å²) >= 11 is 3.35. The number of nitrogens with zero attached hydrogens (tertiary/aromatic N) is 4. The van der Waals surface area contributed by atoms with Crippen LogP contribution in [-0.2, 0) is 6.61 Å². The van der Waals surface area contributed by atoms with Crippen molar-refractivity contribution in [2.24, 2.45) is 5.41 Å². The maximum atomic E-state index is 9.84. The van der Waals surface area contributed by atoms with Crippen molar-refractivity contribution in [3.05, 3.63) is 28.1 Å². The van der Waals surface area contributed by atoms with Gasteiger partial charge in [-0.2, -0.15) is 0 Å². The van der Waals surface area contributed by atoms with E-state index in [1.807, 2.05) is 6.92 Å². The molecule has 2 N–H and O–H groups in total. The lowest BCUT2D eigenvalue weighted by atomic mass is 9.82. The average molecular weight is 407 g/mol. The van der Waals surface area contributed by atoms with Crippen LogP contribution >= 0.6 is 15.9 Å². The van der Waals surface area contributed by atoms with Crippen LogP contribution in [0.25, 0.3) is 11.3 Å². The molecule has 1 fully saturated rings. The zero-order chi connectivity index (χ0) is 18.2. The first kappa shape index (κ1) is 18.1. The zero-order valence-corrected chi connectivity index (χ0v) is 16.3. The molecule has 0 unspecified atom stereocenters. The van der Waals surface area contributed by atoms with Gasteiger partial charge < -0.3 is 15.1 Å². The van der Waals surface area contributed by atoms with Crippen molar-refractivity contribution in [2.75, 3.05) is 18.0 Å². The Kier molecular flexibility index (Phi) is 4.97. The number of pyridine rings is 1. The van der Waals surface area contributed by atoms with Crippen molar-refractivity contribution in [3.8, 4) is 17.1 Å². The van der Waals surface area contributed by atoms with Gasteiger partial charge in [-0.3, -0.25) is 0 Å². The molecule has 0 radical (unpaired) electrons. The summed E-state index contributed by atoms with van der Waals surface area (Å²) in [6, 6.07) is 1.77. The standard InChI is InChI=1S/C18H23BrN4O2/c1-11-15(12-4-7-20-17(25)14(12)19)22-13(10-24)16(21-11)23-8-5-18(2,3)6-9-23/h4,7,24H,5-6,8-10H2,1-3H3,(H,20,25). The zero-order valence-electron chi connectivity index (χ0n) is 14.8. The summed E-state index contributed by atoms with van der Waals surface area (Å²) in [6.45, 7) is 8.10. The Morgan fingerprint density at radius 1 is 1.24 bits per heavy atom. The number of aliphatic hydroxyl groups is 1. The third-order valence-electron chi connectivity index (χ3n) is 4.81. The molecule has 1 saturated heterocycles. The molecule has 3 heterocycles. The van der Waals surface area contributed by atoms with E-state index in [-0.39, 0.29) is 12.5 Å². The third kappa shape index (κ3) is 3.62. The Hall–Kier alpha value is -1.73. The Morgan fingerprint density at radius 3 is 2.56 bits per heavy atom. The fraction of sp³-hybridized carbons (Fsp3) is 0.500. The number of aliphatic hydroxyl groups excluding tert-OH is 1. The topological polar surface area (TPSA) is 82.4 Å². The highest BCUT2D eigenvalue weighted by Crippen LogP contribution is 2.36. The normalized spacial score (nSPS) is 16.9. The van der Waals surface area contributed by atoms with Gasteiger partial charge in [0.2, 0.25) is 5.88 Å². The second kappa shape index (κ2) is 6.88. The molecular weight excluding hydrogens is 384 g/mol. The van der Waals surface area contributed by atoms with Crippen LogP contribution in [0.5, 0.6) is 5.88 Å². The third-order valence-corrected chi connectivity index (χ3v) is 5.60. The highest BCUT2D eigenvalue weighted by molar-refractivity contribution is 9.10. The first-order valence-electron chi connectivity index (χ1n) is 8.39. The summed E-state index contributed by atoms with van der Waals surface area (Å²) in [7, 11) is 0. The van der Waals surface area contributed by atoms with Gasteiger partial charge in [-0.05, 0) is 47.2 Å². The Labute approximate surface area is 156 Å². The SMILES string of the molecule is Cc1nc(N2CCC(C)(C)CC2)c(CO)nc1-c1ccnc(O)c1Br. The second-order valence-electron chi connectivity index (χ2n) is 7.23. The quantitative estimate of drug-likeness (QED) is 0.811. The fourth-order valence-electron chi connectivity index (χ4n) is 3.10. The summed E-state index contributed by atoms with van der Waals surface area (Å²) in [4.78, 5) is 15.4. The smallest absolute Gasteiger partial charge is 0.226 e. The predicted octanol–water partition coefficient (Wildman–Crippen LogP) is 3.43. The number of rotatable bonds is 3. The molecule has 0 aliphatic carbocycles. The summed E-state index contributed by atoms with van der Waals surface area (Å²) in [5.74, 6) is 0.667. The molecule has 0 spiro atoms. The average Bonchev–Trinajstić information content (AvgIpc) is 2.57. The molecule has 3 rings (SSSR count). The molecule has 0 aromatic carbocycles. The molecule has 1 aliphatic rings. The highest BCUT2D eigenvalue weighted by Gasteiger charge is 2.28. The summed E-state index contributed by atoms with van der Waals surface area (Å²) in [5, 5.41) is 19.7. The van der Waals surface area contributed by atoms with Crippen LogP contribution in [0.4, 0.5) is 5.82 Å². The van der Waals surface area contributed by atoms with E-state index in [1.54, 1.807) is 6.07 Å². The molecule has 1 aliphatic heterocycles. The first-order chi connectivity index (χ1) is 11.8. The van der Waals surface area contributed by atoms with Crippen molar-refractivity contribution < 1.29 is 10.2 Å². The molecule has 7 heteroatoms. The van der Waals surface area contributed by atoms with Gasteiger partial charge in [0.15, 0.2) is 5.82 Å². The van der Waals surface area contributed by atoms with Gasteiger partial charge in [-0.1, -0.05) is 13.8 Å². The lowest BCUT2D eigenvalue weighted by molar-refractivity contribution is 0.268. The van der Waals surface area contributed by atoms with E-state index in [2.05, 4.69) is 44.6 Å². The number of halogens is 1. The van der Waals surface area contributed by atoms with E-state index in [0.717, 1.165) is 37.4 Å². The van der Waals surface area contributed by atoms with Crippen LogP contribution in [0, 0.1) is 12.3 Å². The number of aromatic nitrogens is 3. The summed E-state index contributed by atoms with van der Waals surface area (Å²) in [5.41, 5.74) is 3.00. The minimum Gasteiger partial charge on any atom is -0.492 e. The minimum atomic E-state index is -0.176. The molecule has 0 saturated carbocycles. The Bertz CT molecular complexity index is 785. The van der Waals surface area contributed by atoms with Crippen LogP contribution in [-0.4, -0.2) is 38.3 Å². The van der Waals surface area contributed by atoms with E-state index < -0.39 is 0 Å². The van der Waals surface area contributed by atoms with Gasteiger partial charge in [-0.25, -0.2) is 15.0 Å². The van der Waals surface area contributed by atoms with E-state index in [4.69, 9.17) is 4.98 Å². The molecular formula is C18H23BrN4O2. The second-order valence-corrected chi connectivity index (χ2v) is 8.03. The number of anilines is 1. The van der Waals surface area contributed by atoms with Crippen LogP contribution in [0.15, 0.2) is 16.7 Å². The molecule has 0 atom stereocenters. The van der Waals surface area contributed by atoms with Gasteiger partial charge >= 0.3 is 0 Å². The first-order valence-corrected chi connectivity index (χ1v) is 9.19. The van der Waals surface area contributed by atoms with Crippen molar-refractivity contribution in [1.29, 1.82) is 0 Å². The van der Waals surface area contributed by atoms with E-state index in [0.29, 0.717) is 26.8 Å². The van der Waals surface area contributed by atoms with Crippen LogP contribution in [0.1, 0.15) is 38.1 Å². The summed E-state index contributed by atoms with van der Waals surface area (Å²) in [6.07, 6.45) is 3.70. The molecule has 2 aromatic rings. The number of piperidine rings is 1. The highest BCUT2D eigenvalue weighted by atomic mass is 79.9. The largest absolute Gasteiger partial charge is 0.492 e. The van der Waals surface area contributed by atoms with Crippen LogP contribution < -0.4 is 4.90 Å². The molecule has 25 heavy (non-hydrogen) atoms. The van der Waals surface area contributed by atoms with Crippen molar-refractivity contribution in [1.82, 2.24) is 15.0 Å². The van der Waals surface area contributed by atoms with Crippen LogP contribution in [0.3, 0.4) is 0 Å². The molecule has 0 amide bonds.